The Balaban J connectivity index is 1.28. The number of ketones is 1. The summed E-state index contributed by atoms with van der Waals surface area (Å²) in [5.74, 6) is -0.753. The Morgan fingerprint density at radius 3 is 1.95 bits per heavy atom. The minimum absolute atomic E-state index is 0.289. The van der Waals surface area contributed by atoms with Crippen LogP contribution < -0.4 is 0 Å². The van der Waals surface area contributed by atoms with Crippen molar-refractivity contribution in [2.24, 2.45) is 0 Å². The van der Waals surface area contributed by atoms with Crippen LogP contribution in [0.25, 0.3) is 39.0 Å². The number of aromatic nitrogens is 1. The van der Waals surface area contributed by atoms with Crippen LogP contribution in [0.4, 0.5) is 4.79 Å². The number of imide groups is 1. The van der Waals surface area contributed by atoms with E-state index >= 15 is 0 Å². The Labute approximate surface area is 217 Å². The van der Waals surface area contributed by atoms with Crippen LogP contribution in [-0.4, -0.2) is 33.4 Å². The Morgan fingerprint density at radius 1 is 0.730 bits per heavy atom. The molecule has 178 valence electrons. The van der Waals surface area contributed by atoms with Gasteiger partial charge in [-0.2, -0.15) is 0 Å². The van der Waals surface area contributed by atoms with E-state index in [1.165, 1.54) is 0 Å². The fourth-order valence-corrected chi connectivity index (χ4v) is 5.33. The van der Waals surface area contributed by atoms with Gasteiger partial charge in [0, 0.05) is 16.3 Å². The van der Waals surface area contributed by atoms with Gasteiger partial charge < -0.3 is 0 Å². The minimum atomic E-state index is -0.464. The standard InChI is InChI=1S/C31H20N2O3S/c34-28(22-16-14-21(15-17-22)20-8-2-1-3-9-20)19-33-30(35)29(37-31(33)36)18-25-23-10-4-6-12-26(23)32-27-13-7-5-11-24(25)27/h1-18H,19H2. The number of amides is 2. The third kappa shape index (κ3) is 4.32. The maximum Gasteiger partial charge on any atom is 0.293 e. The normalized spacial score (nSPS) is 14.7. The third-order valence-electron chi connectivity index (χ3n) is 6.39. The SMILES string of the molecule is O=C(CN1C(=O)SC(=Cc2c3ccccc3nc3ccccc23)C1=O)c1ccc(-c2ccccc2)cc1. The summed E-state index contributed by atoms with van der Waals surface area (Å²) < 4.78 is 0. The van der Waals surface area contributed by atoms with Crippen LogP contribution in [-0.2, 0) is 4.79 Å². The minimum Gasteiger partial charge on any atom is -0.292 e. The lowest BCUT2D eigenvalue weighted by Crippen LogP contribution is -2.33. The number of nitrogens with zero attached hydrogens (tertiary/aromatic N) is 2. The summed E-state index contributed by atoms with van der Waals surface area (Å²) in [6, 6.07) is 32.5. The van der Waals surface area contributed by atoms with E-state index in [1.807, 2.05) is 91.0 Å². The van der Waals surface area contributed by atoms with E-state index in [0.29, 0.717) is 10.5 Å². The van der Waals surface area contributed by atoms with Gasteiger partial charge in [-0.15, -0.1) is 0 Å². The van der Waals surface area contributed by atoms with Gasteiger partial charge in [-0.25, -0.2) is 4.98 Å². The lowest BCUT2D eigenvalue weighted by atomic mass is 10.0. The molecule has 4 aromatic carbocycles. The summed E-state index contributed by atoms with van der Waals surface area (Å²) in [5.41, 5.74) is 4.93. The number of rotatable bonds is 5. The number of hydrogen-bond donors (Lipinski definition) is 0. The van der Waals surface area contributed by atoms with Gasteiger partial charge in [-0.3, -0.25) is 19.3 Å². The monoisotopic (exact) mass is 500 g/mol. The molecule has 0 spiro atoms. The van der Waals surface area contributed by atoms with E-state index in [1.54, 1.807) is 18.2 Å². The molecule has 2 heterocycles. The molecule has 0 atom stereocenters. The molecule has 37 heavy (non-hydrogen) atoms. The predicted octanol–water partition coefficient (Wildman–Crippen LogP) is 6.97. The lowest BCUT2D eigenvalue weighted by Gasteiger charge is -2.12. The molecule has 1 aliphatic rings. The highest BCUT2D eigenvalue weighted by molar-refractivity contribution is 8.18. The predicted molar refractivity (Wildman–Crippen MR) is 148 cm³/mol. The van der Waals surface area contributed by atoms with E-state index in [2.05, 4.69) is 0 Å². The summed E-state index contributed by atoms with van der Waals surface area (Å²) in [6.07, 6.45) is 1.75. The number of thioether (sulfide) groups is 1. The first-order valence-electron chi connectivity index (χ1n) is 11.8. The zero-order valence-corrected chi connectivity index (χ0v) is 20.4. The Bertz CT molecular complexity index is 1670. The quantitative estimate of drug-likeness (QED) is 0.148. The second kappa shape index (κ2) is 9.48. The molecule has 1 fully saturated rings. The molecule has 1 aliphatic heterocycles. The summed E-state index contributed by atoms with van der Waals surface area (Å²) in [4.78, 5) is 45.0. The van der Waals surface area contributed by atoms with E-state index in [0.717, 1.165) is 55.2 Å². The Hall–Kier alpha value is -4.55. The van der Waals surface area contributed by atoms with Crippen LogP contribution in [0.15, 0.2) is 108 Å². The van der Waals surface area contributed by atoms with Crippen LogP contribution in [0.5, 0.6) is 0 Å². The topological polar surface area (TPSA) is 67.3 Å². The van der Waals surface area contributed by atoms with Gasteiger partial charge in [-0.1, -0.05) is 91.0 Å². The first-order chi connectivity index (χ1) is 18.1. The van der Waals surface area contributed by atoms with Crippen molar-refractivity contribution in [1.29, 1.82) is 0 Å². The highest BCUT2D eigenvalue weighted by atomic mass is 32.2. The first-order valence-corrected chi connectivity index (χ1v) is 12.6. The van der Waals surface area contributed by atoms with Gasteiger partial charge in [-0.05, 0) is 46.7 Å². The van der Waals surface area contributed by atoms with Gasteiger partial charge in [0.2, 0.25) is 0 Å². The molecule has 5 aromatic rings. The zero-order chi connectivity index (χ0) is 25.4. The highest BCUT2D eigenvalue weighted by Gasteiger charge is 2.36. The average Bonchev–Trinajstić information content (AvgIpc) is 3.20. The molecule has 0 saturated carbocycles. The molecule has 0 unspecified atom stereocenters. The fraction of sp³-hybridized carbons (Fsp3) is 0.0323. The number of fused-ring (bicyclic) bond motifs is 2. The largest absolute Gasteiger partial charge is 0.293 e. The summed E-state index contributed by atoms with van der Waals surface area (Å²) in [5, 5.41) is 1.33. The van der Waals surface area contributed by atoms with Crippen molar-refractivity contribution in [3.63, 3.8) is 0 Å². The molecule has 0 radical (unpaired) electrons. The van der Waals surface area contributed by atoms with Gasteiger partial charge in [0.1, 0.15) is 0 Å². The highest BCUT2D eigenvalue weighted by Crippen LogP contribution is 2.35. The summed E-state index contributed by atoms with van der Waals surface area (Å²) >= 11 is 0.857. The van der Waals surface area contributed by atoms with E-state index < -0.39 is 11.1 Å². The number of benzene rings is 4. The first kappa shape index (κ1) is 22.9. The van der Waals surface area contributed by atoms with Crippen molar-refractivity contribution in [2.75, 3.05) is 6.54 Å². The van der Waals surface area contributed by atoms with Gasteiger partial charge in [0.15, 0.2) is 5.78 Å². The van der Waals surface area contributed by atoms with Crippen LogP contribution in [0.2, 0.25) is 0 Å². The third-order valence-corrected chi connectivity index (χ3v) is 7.30. The zero-order valence-electron chi connectivity index (χ0n) is 19.6. The molecule has 2 amide bonds. The molecular formula is C31H20N2O3S. The number of carbonyl (C=O) groups excluding carboxylic acids is 3. The van der Waals surface area contributed by atoms with Gasteiger partial charge in [0.25, 0.3) is 11.1 Å². The molecule has 5 nitrogen and oxygen atoms in total. The van der Waals surface area contributed by atoms with Crippen LogP contribution in [0.1, 0.15) is 15.9 Å². The van der Waals surface area contributed by atoms with E-state index in [-0.39, 0.29) is 12.3 Å². The number of pyridine rings is 1. The maximum atomic E-state index is 13.2. The molecule has 1 aromatic heterocycles. The smallest absolute Gasteiger partial charge is 0.292 e. The number of para-hydroxylation sites is 2. The molecular weight excluding hydrogens is 480 g/mol. The van der Waals surface area contributed by atoms with Crippen LogP contribution >= 0.6 is 11.8 Å². The molecule has 1 saturated heterocycles. The number of Topliss-reactive ketones (excluding diaryl/α,β-unsaturated/α-hetero) is 1. The van der Waals surface area contributed by atoms with E-state index in [4.69, 9.17) is 4.98 Å². The van der Waals surface area contributed by atoms with Crippen molar-refractivity contribution >= 4 is 56.6 Å². The summed E-state index contributed by atoms with van der Waals surface area (Å²) in [6.45, 7) is -0.301. The summed E-state index contributed by atoms with van der Waals surface area (Å²) in [7, 11) is 0. The second-order valence-corrected chi connectivity index (χ2v) is 9.69. The van der Waals surface area contributed by atoms with E-state index in [9.17, 15) is 14.4 Å². The Kier molecular flexibility index (Phi) is 5.87. The van der Waals surface area contributed by atoms with Gasteiger partial charge in [0.05, 0.1) is 22.5 Å². The van der Waals surface area contributed by atoms with Crippen molar-refractivity contribution < 1.29 is 14.4 Å². The van der Waals surface area contributed by atoms with Gasteiger partial charge >= 0.3 is 0 Å². The fourth-order valence-electron chi connectivity index (χ4n) is 4.51. The molecule has 0 N–H and O–H groups in total. The molecule has 0 bridgehead atoms. The molecule has 0 aliphatic carbocycles. The van der Waals surface area contributed by atoms with Crippen molar-refractivity contribution in [3.05, 3.63) is 119 Å². The van der Waals surface area contributed by atoms with Crippen LogP contribution in [0.3, 0.4) is 0 Å². The van der Waals surface area contributed by atoms with Crippen molar-refractivity contribution in [3.8, 4) is 11.1 Å². The Morgan fingerprint density at radius 2 is 1.30 bits per heavy atom. The molecule has 6 heteroatoms. The number of hydrogen-bond acceptors (Lipinski definition) is 5. The average molecular weight is 501 g/mol. The number of carbonyl (C=O) groups is 3. The van der Waals surface area contributed by atoms with Crippen LogP contribution in [0, 0.1) is 0 Å². The van der Waals surface area contributed by atoms with Crippen molar-refractivity contribution in [1.82, 2.24) is 9.88 Å². The van der Waals surface area contributed by atoms with Crippen molar-refractivity contribution in [2.45, 2.75) is 0 Å². The second-order valence-electron chi connectivity index (χ2n) is 8.69. The maximum absolute atomic E-state index is 13.2. The lowest BCUT2D eigenvalue weighted by molar-refractivity contribution is -0.122. The molecule has 6 rings (SSSR count).